The third kappa shape index (κ3) is 5.11. The van der Waals surface area contributed by atoms with E-state index in [1.807, 2.05) is 6.33 Å². The Kier molecular flexibility index (Phi) is 7.62. The molecule has 2 atom stereocenters. The van der Waals surface area contributed by atoms with Gasteiger partial charge in [0.1, 0.15) is 6.33 Å². The van der Waals surface area contributed by atoms with Crippen LogP contribution in [0, 0.1) is 0 Å². The van der Waals surface area contributed by atoms with E-state index in [4.69, 9.17) is 9.16 Å². The van der Waals surface area contributed by atoms with E-state index < -0.39 is 8.32 Å². The van der Waals surface area contributed by atoms with Crippen molar-refractivity contribution in [3.05, 3.63) is 12.7 Å². The molecular weight excluding hydrogens is 368 g/mol. The zero-order valence-electron chi connectivity index (χ0n) is 19.0. The highest BCUT2D eigenvalue weighted by Crippen LogP contribution is 2.39. The zero-order chi connectivity index (χ0) is 20.9. The van der Waals surface area contributed by atoms with E-state index in [1.54, 1.807) is 7.11 Å². The lowest BCUT2D eigenvalue weighted by Crippen LogP contribution is -2.45. The summed E-state index contributed by atoms with van der Waals surface area (Å²) < 4.78 is 14.4. The molecule has 0 N–H and O–H groups in total. The maximum absolute atomic E-state index is 6.89. The van der Waals surface area contributed by atoms with Crippen molar-refractivity contribution in [2.24, 2.45) is 0 Å². The number of hydrogen-bond donors (Lipinski definition) is 0. The molecular formula is C21H38N4O2Si. The fraction of sp³-hybridized carbons (Fsp3) is 0.762. The molecule has 0 aliphatic rings. The van der Waals surface area contributed by atoms with Gasteiger partial charge in [-0.1, -0.05) is 53.4 Å². The highest BCUT2D eigenvalue weighted by molar-refractivity contribution is 6.74. The van der Waals surface area contributed by atoms with E-state index >= 15 is 0 Å². The molecule has 6 nitrogen and oxygen atoms in total. The van der Waals surface area contributed by atoms with Crippen LogP contribution >= 0.6 is 0 Å². The van der Waals surface area contributed by atoms with Gasteiger partial charge in [-0.25, -0.2) is 9.97 Å². The van der Waals surface area contributed by atoms with Crippen molar-refractivity contribution in [3.63, 3.8) is 0 Å². The average Bonchev–Trinajstić information content (AvgIpc) is 3.06. The normalized spacial score (nSPS) is 15.0. The molecule has 2 aromatic heterocycles. The molecule has 0 aliphatic carbocycles. The summed E-state index contributed by atoms with van der Waals surface area (Å²) in [5.41, 5.74) is 1.51. The highest BCUT2D eigenvalue weighted by Gasteiger charge is 2.40. The van der Waals surface area contributed by atoms with E-state index in [2.05, 4.69) is 67.2 Å². The summed E-state index contributed by atoms with van der Waals surface area (Å²) in [6.07, 6.45) is 9.53. The molecule has 0 spiro atoms. The predicted octanol–water partition coefficient (Wildman–Crippen LogP) is 5.76. The Morgan fingerprint density at radius 2 is 1.82 bits per heavy atom. The molecule has 0 unspecified atom stereocenters. The van der Waals surface area contributed by atoms with Gasteiger partial charge in [-0.05, 0) is 31.5 Å². The molecule has 28 heavy (non-hydrogen) atoms. The molecule has 0 fully saturated rings. The van der Waals surface area contributed by atoms with Gasteiger partial charge in [0.15, 0.2) is 19.5 Å². The standard InChI is InChI=1S/C21H38N4O2Si/c1-9-10-11-12-13-17(27-28(7,8)21(3,4)5)16(2)25-15-24-18-19(25)22-14-23-20(18)26-6/h14-17H,9-13H2,1-8H3/t16-,17-/m0/s1. The van der Waals surface area contributed by atoms with Crippen LogP contribution in [0.2, 0.25) is 18.1 Å². The molecule has 0 radical (unpaired) electrons. The lowest BCUT2D eigenvalue weighted by atomic mass is 10.0. The van der Waals surface area contributed by atoms with Crippen LogP contribution in [0.15, 0.2) is 12.7 Å². The first kappa shape index (κ1) is 22.8. The molecule has 0 bridgehead atoms. The number of imidazole rings is 1. The fourth-order valence-corrected chi connectivity index (χ4v) is 4.61. The van der Waals surface area contributed by atoms with E-state index in [9.17, 15) is 0 Å². The van der Waals surface area contributed by atoms with Gasteiger partial charge in [0.05, 0.1) is 25.6 Å². The van der Waals surface area contributed by atoms with Crippen molar-refractivity contribution >= 4 is 19.5 Å². The largest absolute Gasteiger partial charge is 0.479 e. The Bertz CT molecular complexity index is 754. The SMILES string of the molecule is CCCCCC[C@H](O[Si](C)(C)C(C)(C)C)[C@H](C)n1cnc2c(OC)ncnc21. The van der Waals surface area contributed by atoms with E-state index in [1.165, 1.54) is 32.0 Å². The summed E-state index contributed by atoms with van der Waals surface area (Å²) >= 11 is 0. The van der Waals surface area contributed by atoms with Gasteiger partial charge in [-0.2, -0.15) is 4.98 Å². The summed E-state index contributed by atoms with van der Waals surface area (Å²) in [6.45, 7) is 16.0. The second-order valence-electron chi connectivity index (χ2n) is 9.21. The van der Waals surface area contributed by atoms with Gasteiger partial charge in [-0.3, -0.25) is 0 Å². The smallest absolute Gasteiger partial charge is 0.245 e. The van der Waals surface area contributed by atoms with Gasteiger partial charge in [-0.15, -0.1) is 0 Å². The minimum Gasteiger partial charge on any atom is -0.479 e. The molecule has 0 aliphatic heterocycles. The van der Waals surface area contributed by atoms with Gasteiger partial charge in [0.25, 0.3) is 0 Å². The minimum absolute atomic E-state index is 0.135. The third-order valence-corrected chi connectivity index (χ3v) is 10.6. The number of ether oxygens (including phenoxy) is 1. The number of nitrogens with zero attached hydrogens (tertiary/aromatic N) is 4. The summed E-state index contributed by atoms with van der Waals surface area (Å²) in [4.78, 5) is 13.2. The zero-order valence-corrected chi connectivity index (χ0v) is 20.0. The Labute approximate surface area is 171 Å². The van der Waals surface area contributed by atoms with E-state index in [0.717, 1.165) is 12.1 Å². The minimum atomic E-state index is -1.89. The van der Waals surface area contributed by atoms with Crippen molar-refractivity contribution in [1.29, 1.82) is 0 Å². The van der Waals surface area contributed by atoms with Crippen LogP contribution in [-0.2, 0) is 4.43 Å². The van der Waals surface area contributed by atoms with Crippen LogP contribution in [0.4, 0.5) is 0 Å². The summed E-state index contributed by atoms with van der Waals surface area (Å²) in [5, 5.41) is 0.177. The number of fused-ring (bicyclic) bond motifs is 1. The second kappa shape index (κ2) is 9.35. The van der Waals surface area contributed by atoms with Crippen LogP contribution in [-0.4, -0.2) is 41.1 Å². The average molecular weight is 407 g/mol. The van der Waals surface area contributed by atoms with Gasteiger partial charge < -0.3 is 13.7 Å². The topological polar surface area (TPSA) is 62.1 Å². The summed E-state index contributed by atoms with van der Waals surface area (Å²) in [5.74, 6) is 0.515. The Balaban J connectivity index is 2.31. The molecule has 0 aromatic carbocycles. The quantitative estimate of drug-likeness (QED) is 0.371. The molecule has 0 saturated carbocycles. The number of unbranched alkanes of at least 4 members (excludes halogenated alkanes) is 3. The van der Waals surface area contributed by atoms with Crippen LogP contribution in [0.25, 0.3) is 11.2 Å². The molecule has 7 heteroatoms. The molecule has 2 rings (SSSR count). The number of methoxy groups -OCH3 is 1. The fourth-order valence-electron chi connectivity index (χ4n) is 3.18. The first-order chi connectivity index (χ1) is 13.1. The maximum atomic E-state index is 6.89. The van der Waals surface area contributed by atoms with Crippen LogP contribution < -0.4 is 4.74 Å². The van der Waals surface area contributed by atoms with Crippen LogP contribution in [0.1, 0.15) is 72.8 Å². The van der Waals surface area contributed by atoms with Gasteiger partial charge in [0, 0.05) is 0 Å². The first-order valence-corrected chi connectivity index (χ1v) is 13.4. The number of rotatable bonds is 10. The summed E-state index contributed by atoms with van der Waals surface area (Å²) in [6, 6.07) is 0.139. The van der Waals surface area contributed by atoms with Gasteiger partial charge in [0.2, 0.25) is 5.88 Å². The van der Waals surface area contributed by atoms with Crippen molar-refractivity contribution in [2.45, 2.75) is 97.0 Å². The molecule has 2 heterocycles. The van der Waals surface area contributed by atoms with Crippen molar-refractivity contribution in [1.82, 2.24) is 19.5 Å². The third-order valence-electron chi connectivity index (χ3n) is 6.09. The molecule has 2 aromatic rings. The lowest BCUT2D eigenvalue weighted by molar-refractivity contribution is 0.118. The van der Waals surface area contributed by atoms with Crippen LogP contribution in [0.3, 0.4) is 0 Å². The van der Waals surface area contributed by atoms with Crippen molar-refractivity contribution in [2.75, 3.05) is 7.11 Å². The van der Waals surface area contributed by atoms with Gasteiger partial charge >= 0.3 is 0 Å². The first-order valence-electron chi connectivity index (χ1n) is 10.5. The van der Waals surface area contributed by atoms with Crippen LogP contribution in [0.5, 0.6) is 5.88 Å². The molecule has 0 saturated heterocycles. The highest BCUT2D eigenvalue weighted by atomic mass is 28.4. The number of aromatic nitrogens is 4. The monoisotopic (exact) mass is 406 g/mol. The second-order valence-corrected chi connectivity index (χ2v) is 14.0. The predicted molar refractivity (Wildman–Crippen MR) is 117 cm³/mol. The lowest BCUT2D eigenvalue weighted by Gasteiger charge is -2.41. The Morgan fingerprint density at radius 3 is 2.43 bits per heavy atom. The van der Waals surface area contributed by atoms with E-state index in [0.29, 0.717) is 11.4 Å². The van der Waals surface area contributed by atoms with Crippen molar-refractivity contribution in [3.8, 4) is 5.88 Å². The van der Waals surface area contributed by atoms with Crippen molar-refractivity contribution < 1.29 is 9.16 Å². The Morgan fingerprint density at radius 1 is 1.11 bits per heavy atom. The molecule has 0 amide bonds. The molecule has 158 valence electrons. The maximum Gasteiger partial charge on any atom is 0.245 e. The van der Waals surface area contributed by atoms with E-state index in [-0.39, 0.29) is 17.2 Å². The Hall–Kier alpha value is -1.47. The number of hydrogen-bond acceptors (Lipinski definition) is 5. The summed E-state index contributed by atoms with van der Waals surface area (Å²) in [7, 11) is -0.276.